The smallest absolute Gasteiger partial charge is 0.450 e. The maximum Gasteiger partial charge on any atom is 0.506 e. The minimum Gasteiger partial charge on any atom is -0.450 e. The van der Waals surface area contributed by atoms with Crippen molar-refractivity contribution in [3.8, 4) is 0 Å². The Balaban J connectivity index is 0. The van der Waals surface area contributed by atoms with Gasteiger partial charge >= 0.3 is 12.3 Å². The van der Waals surface area contributed by atoms with Crippen LogP contribution in [-0.4, -0.2) is 55.7 Å². The monoisotopic (exact) mass is 254 g/mol. The van der Waals surface area contributed by atoms with Crippen molar-refractivity contribution < 1.29 is 38.7 Å². The average Bonchev–Trinajstić information content (AvgIpc) is 2.25. The van der Waals surface area contributed by atoms with Gasteiger partial charge in [-0.05, 0) is 13.8 Å². The number of hydrogen-bond acceptors (Lipinski definition) is 6. The second-order valence-electron chi connectivity index (χ2n) is 2.81. The van der Waals surface area contributed by atoms with Gasteiger partial charge < -0.3 is 29.2 Å². The van der Waals surface area contributed by atoms with Crippen LogP contribution < -0.4 is 0 Å². The van der Waals surface area contributed by atoms with Gasteiger partial charge in [0, 0.05) is 14.2 Å². The summed E-state index contributed by atoms with van der Waals surface area (Å²) < 4.78 is 17.5. The molecular weight excluding hydrogens is 236 g/mol. The quantitative estimate of drug-likeness (QED) is 0.559. The highest BCUT2D eigenvalue weighted by Gasteiger charge is 2.09. The molecule has 17 heavy (non-hydrogen) atoms. The van der Waals surface area contributed by atoms with E-state index in [0.29, 0.717) is 0 Å². The van der Waals surface area contributed by atoms with Crippen LogP contribution in [0.2, 0.25) is 0 Å². The first kappa shape index (κ1) is 17.8. The molecule has 102 valence electrons. The maximum absolute atomic E-state index is 9.83. The number of rotatable bonds is 5. The van der Waals surface area contributed by atoms with Crippen molar-refractivity contribution in [2.24, 2.45) is 0 Å². The molecule has 0 aliphatic carbocycles. The van der Waals surface area contributed by atoms with E-state index in [1.165, 1.54) is 6.92 Å². The first-order valence-corrected chi connectivity index (χ1v) is 4.64. The molecule has 0 aliphatic heterocycles. The number of ether oxygens (including phenoxy) is 4. The first-order chi connectivity index (χ1) is 7.83. The van der Waals surface area contributed by atoms with Gasteiger partial charge in [0.05, 0.1) is 0 Å². The molecule has 2 N–H and O–H groups in total. The van der Waals surface area contributed by atoms with Gasteiger partial charge in [-0.25, -0.2) is 9.59 Å². The molecule has 0 aliphatic rings. The number of hydrogen-bond donors (Lipinski definition) is 2. The zero-order chi connectivity index (χ0) is 13.8. The van der Waals surface area contributed by atoms with Gasteiger partial charge in [-0.3, -0.25) is 0 Å². The topological polar surface area (TPSA) is 112 Å². The summed E-state index contributed by atoms with van der Waals surface area (Å²) in [5.41, 5.74) is 0. The summed E-state index contributed by atoms with van der Waals surface area (Å²) in [5.74, 6) is 0. The molecule has 1 unspecified atom stereocenters. The SMILES string of the molecule is CC(COC(=O)O)OC(=O)O.COC(C)OC. The summed E-state index contributed by atoms with van der Waals surface area (Å²) in [4.78, 5) is 19.6. The van der Waals surface area contributed by atoms with Crippen molar-refractivity contribution in [2.75, 3.05) is 20.8 Å². The number of carboxylic acid groups (broad SMARTS) is 2. The van der Waals surface area contributed by atoms with Crippen molar-refractivity contribution in [3.63, 3.8) is 0 Å². The van der Waals surface area contributed by atoms with E-state index >= 15 is 0 Å². The molecular formula is C9H18O8. The van der Waals surface area contributed by atoms with Crippen LogP contribution in [0.3, 0.4) is 0 Å². The van der Waals surface area contributed by atoms with Crippen molar-refractivity contribution in [2.45, 2.75) is 26.2 Å². The van der Waals surface area contributed by atoms with E-state index in [1.54, 1.807) is 14.2 Å². The van der Waals surface area contributed by atoms with Gasteiger partial charge in [0.1, 0.15) is 12.7 Å². The minimum absolute atomic E-state index is 0.0648. The van der Waals surface area contributed by atoms with Crippen molar-refractivity contribution in [1.29, 1.82) is 0 Å². The summed E-state index contributed by atoms with van der Waals surface area (Å²) >= 11 is 0. The average molecular weight is 254 g/mol. The fourth-order valence-corrected chi connectivity index (χ4v) is 0.491. The minimum atomic E-state index is -1.45. The van der Waals surface area contributed by atoms with Crippen LogP contribution in [0.5, 0.6) is 0 Å². The molecule has 1 atom stereocenters. The molecule has 8 heteroatoms. The molecule has 0 aromatic rings. The molecule has 0 aromatic carbocycles. The van der Waals surface area contributed by atoms with Crippen LogP contribution in [-0.2, 0) is 18.9 Å². The molecule has 0 fully saturated rings. The standard InChI is InChI=1S/C5H8O6.C4H10O2/c1-3(11-5(8)9)2-10-4(6)7;1-4(5-2)6-3/h3H,2H2,1H3,(H,6,7)(H,8,9);4H,1-3H3. The van der Waals surface area contributed by atoms with Crippen LogP contribution in [0.15, 0.2) is 0 Å². The van der Waals surface area contributed by atoms with Gasteiger partial charge in [0.15, 0.2) is 6.29 Å². The fourth-order valence-electron chi connectivity index (χ4n) is 0.491. The lowest BCUT2D eigenvalue weighted by molar-refractivity contribution is -0.0877. The Bertz CT molecular complexity index is 213. The summed E-state index contributed by atoms with van der Waals surface area (Å²) in [7, 11) is 3.21. The van der Waals surface area contributed by atoms with E-state index in [9.17, 15) is 9.59 Å². The summed E-state index contributed by atoms with van der Waals surface area (Å²) in [6.07, 6.45) is -3.74. The second-order valence-corrected chi connectivity index (χ2v) is 2.81. The molecule has 0 saturated carbocycles. The molecule has 0 saturated heterocycles. The van der Waals surface area contributed by atoms with Gasteiger partial charge in [0.2, 0.25) is 0 Å². The van der Waals surface area contributed by atoms with Crippen LogP contribution >= 0.6 is 0 Å². The first-order valence-electron chi connectivity index (χ1n) is 4.64. The van der Waals surface area contributed by atoms with E-state index in [2.05, 4.69) is 18.9 Å². The lowest BCUT2D eigenvalue weighted by Gasteiger charge is -2.08. The number of methoxy groups -OCH3 is 2. The van der Waals surface area contributed by atoms with E-state index in [-0.39, 0.29) is 12.9 Å². The molecule has 0 rings (SSSR count). The molecule has 8 nitrogen and oxygen atoms in total. The van der Waals surface area contributed by atoms with E-state index < -0.39 is 18.4 Å². The van der Waals surface area contributed by atoms with Crippen LogP contribution in [0, 0.1) is 0 Å². The highest BCUT2D eigenvalue weighted by atomic mass is 16.7. The predicted molar refractivity (Wildman–Crippen MR) is 56.0 cm³/mol. The number of carbonyl (C=O) groups is 2. The third kappa shape index (κ3) is 17.1. The summed E-state index contributed by atoms with van der Waals surface area (Å²) in [6.45, 7) is 2.93. The molecule has 0 radical (unpaired) electrons. The van der Waals surface area contributed by atoms with Gasteiger partial charge in [-0.15, -0.1) is 0 Å². The van der Waals surface area contributed by atoms with E-state index in [4.69, 9.17) is 10.2 Å². The van der Waals surface area contributed by atoms with Gasteiger partial charge in [-0.1, -0.05) is 0 Å². The van der Waals surface area contributed by atoms with Crippen molar-refractivity contribution >= 4 is 12.3 Å². The maximum atomic E-state index is 9.83. The Morgan fingerprint density at radius 3 is 1.76 bits per heavy atom. The zero-order valence-corrected chi connectivity index (χ0v) is 10.2. The zero-order valence-electron chi connectivity index (χ0n) is 10.2. The largest absolute Gasteiger partial charge is 0.506 e. The van der Waals surface area contributed by atoms with Crippen LogP contribution in [0.25, 0.3) is 0 Å². The Labute approximate surface area is 99.0 Å². The van der Waals surface area contributed by atoms with Crippen molar-refractivity contribution in [1.82, 2.24) is 0 Å². The molecule has 0 heterocycles. The van der Waals surface area contributed by atoms with Crippen LogP contribution in [0.1, 0.15) is 13.8 Å². The summed E-state index contributed by atoms with van der Waals surface area (Å²) in [6, 6.07) is 0. The summed E-state index contributed by atoms with van der Waals surface area (Å²) in [5, 5.41) is 16.0. The Hall–Kier alpha value is -1.54. The van der Waals surface area contributed by atoms with Crippen LogP contribution in [0.4, 0.5) is 9.59 Å². The molecule has 0 amide bonds. The lowest BCUT2D eigenvalue weighted by Crippen LogP contribution is -2.20. The Kier molecular flexibility index (Phi) is 11.5. The predicted octanol–water partition coefficient (Wildman–Crippen LogP) is 1.39. The third-order valence-corrected chi connectivity index (χ3v) is 1.41. The fraction of sp³-hybridized carbons (Fsp3) is 0.778. The molecule has 0 aromatic heterocycles. The highest BCUT2D eigenvalue weighted by molar-refractivity contribution is 5.58. The third-order valence-electron chi connectivity index (χ3n) is 1.41. The molecule has 0 bridgehead atoms. The van der Waals surface area contributed by atoms with Crippen molar-refractivity contribution in [3.05, 3.63) is 0 Å². The highest BCUT2D eigenvalue weighted by Crippen LogP contribution is 1.92. The normalized spacial score (nSPS) is 11.1. The van der Waals surface area contributed by atoms with Gasteiger partial charge in [0.25, 0.3) is 0 Å². The van der Waals surface area contributed by atoms with Gasteiger partial charge in [-0.2, -0.15) is 0 Å². The molecule has 0 spiro atoms. The van der Waals surface area contributed by atoms with E-state index in [0.717, 1.165) is 0 Å². The second kappa shape index (κ2) is 11.0. The van der Waals surface area contributed by atoms with E-state index in [1.807, 2.05) is 6.92 Å². The lowest BCUT2D eigenvalue weighted by atomic mass is 10.4. The Morgan fingerprint density at radius 2 is 1.53 bits per heavy atom. The Morgan fingerprint density at radius 1 is 1.06 bits per heavy atom.